The maximum atomic E-state index is 11.2. The van der Waals surface area contributed by atoms with Crippen LogP contribution >= 0.6 is 11.8 Å². The third-order valence-corrected chi connectivity index (χ3v) is 3.13. The second kappa shape index (κ2) is 5.73. The summed E-state index contributed by atoms with van der Waals surface area (Å²) >= 11 is 1.44. The van der Waals surface area contributed by atoms with E-state index in [0.29, 0.717) is 16.5 Å². The zero-order valence-electron chi connectivity index (χ0n) is 10.2. The van der Waals surface area contributed by atoms with E-state index >= 15 is 0 Å². The zero-order chi connectivity index (χ0) is 13.0. The average molecular weight is 263 g/mol. The van der Waals surface area contributed by atoms with Gasteiger partial charge >= 0.3 is 5.97 Å². The molecule has 0 fully saturated rings. The van der Waals surface area contributed by atoms with E-state index in [2.05, 4.69) is 9.72 Å². The van der Waals surface area contributed by atoms with Gasteiger partial charge in [0, 0.05) is 11.3 Å². The fourth-order valence-electron chi connectivity index (χ4n) is 1.40. The monoisotopic (exact) mass is 263 g/mol. The third kappa shape index (κ3) is 2.92. The number of aromatic nitrogens is 1. The number of esters is 1. The van der Waals surface area contributed by atoms with Crippen molar-refractivity contribution in [1.29, 1.82) is 0 Å². The summed E-state index contributed by atoms with van der Waals surface area (Å²) in [5.74, 6) is 0.307. The van der Waals surface area contributed by atoms with Crippen LogP contribution in [0.25, 0.3) is 11.1 Å². The Kier molecular flexibility index (Phi) is 4.04. The molecule has 0 unspecified atom stereocenters. The van der Waals surface area contributed by atoms with Crippen LogP contribution in [0.15, 0.2) is 45.6 Å². The standard InChI is InChI=1S/C13H13NO3S/c1-9(12(15)16-2)7-8-18-13-14-10-5-3-4-6-11(10)17-13/h3-7H,8H2,1-2H3. The van der Waals surface area contributed by atoms with Gasteiger partial charge in [-0.25, -0.2) is 9.78 Å². The van der Waals surface area contributed by atoms with E-state index in [9.17, 15) is 4.79 Å². The van der Waals surface area contributed by atoms with Gasteiger partial charge in [-0.15, -0.1) is 0 Å². The molecule has 0 saturated heterocycles. The molecule has 2 aromatic rings. The normalized spacial score (nSPS) is 11.8. The lowest BCUT2D eigenvalue weighted by Crippen LogP contribution is -2.01. The molecule has 0 spiro atoms. The van der Waals surface area contributed by atoms with Crippen LogP contribution in [0.5, 0.6) is 0 Å². The lowest BCUT2D eigenvalue weighted by molar-refractivity contribution is -0.136. The number of fused-ring (bicyclic) bond motifs is 1. The Morgan fingerprint density at radius 2 is 2.28 bits per heavy atom. The van der Waals surface area contributed by atoms with Crippen molar-refractivity contribution in [3.63, 3.8) is 0 Å². The SMILES string of the molecule is COC(=O)C(C)=CCSc1nc2ccccc2o1. The van der Waals surface area contributed by atoms with Crippen molar-refractivity contribution < 1.29 is 13.9 Å². The number of benzene rings is 1. The molecule has 2 rings (SSSR count). The van der Waals surface area contributed by atoms with Gasteiger partial charge in [0.25, 0.3) is 5.22 Å². The Labute approximate surface area is 109 Å². The predicted molar refractivity (Wildman–Crippen MR) is 70.5 cm³/mol. The van der Waals surface area contributed by atoms with E-state index in [1.807, 2.05) is 24.3 Å². The smallest absolute Gasteiger partial charge is 0.333 e. The minimum Gasteiger partial charge on any atom is -0.466 e. The highest BCUT2D eigenvalue weighted by Gasteiger charge is 2.06. The van der Waals surface area contributed by atoms with Gasteiger partial charge in [0.05, 0.1) is 7.11 Å². The van der Waals surface area contributed by atoms with E-state index in [4.69, 9.17) is 4.42 Å². The van der Waals surface area contributed by atoms with Crippen molar-refractivity contribution in [2.24, 2.45) is 0 Å². The Bertz CT molecular complexity index is 556. The maximum absolute atomic E-state index is 11.2. The highest BCUT2D eigenvalue weighted by Crippen LogP contribution is 2.23. The number of carbonyl (C=O) groups excluding carboxylic acids is 1. The molecule has 1 aromatic heterocycles. The van der Waals surface area contributed by atoms with Crippen molar-refractivity contribution >= 4 is 28.8 Å². The third-order valence-electron chi connectivity index (χ3n) is 2.38. The first-order chi connectivity index (χ1) is 8.70. The summed E-state index contributed by atoms with van der Waals surface area (Å²) in [4.78, 5) is 15.5. The van der Waals surface area contributed by atoms with E-state index < -0.39 is 0 Å². The van der Waals surface area contributed by atoms with Gasteiger partial charge in [0.15, 0.2) is 5.58 Å². The molecule has 1 heterocycles. The molecule has 0 saturated carbocycles. The fraction of sp³-hybridized carbons (Fsp3) is 0.231. The summed E-state index contributed by atoms with van der Waals surface area (Å²) in [6.45, 7) is 1.72. The number of hydrogen-bond acceptors (Lipinski definition) is 5. The van der Waals surface area contributed by atoms with Gasteiger partial charge < -0.3 is 9.15 Å². The first-order valence-corrected chi connectivity index (χ1v) is 6.42. The van der Waals surface area contributed by atoms with Crippen LogP contribution in [-0.4, -0.2) is 23.8 Å². The highest BCUT2D eigenvalue weighted by atomic mass is 32.2. The Morgan fingerprint density at radius 3 is 3.00 bits per heavy atom. The second-order valence-corrected chi connectivity index (χ2v) is 4.61. The number of rotatable bonds is 4. The Balaban J connectivity index is 2.00. The number of hydrogen-bond donors (Lipinski definition) is 0. The molecule has 0 N–H and O–H groups in total. The van der Waals surface area contributed by atoms with Crippen LogP contribution in [0.1, 0.15) is 6.92 Å². The molecule has 0 atom stereocenters. The summed E-state index contributed by atoms with van der Waals surface area (Å²) in [6, 6.07) is 7.60. The Morgan fingerprint density at radius 1 is 1.50 bits per heavy atom. The van der Waals surface area contributed by atoms with Crippen LogP contribution in [0.2, 0.25) is 0 Å². The molecule has 1 aromatic carbocycles. The van der Waals surface area contributed by atoms with Crippen LogP contribution in [0.3, 0.4) is 0 Å². The van der Waals surface area contributed by atoms with Crippen LogP contribution in [0, 0.1) is 0 Å². The van der Waals surface area contributed by atoms with Gasteiger partial charge in [-0.05, 0) is 19.1 Å². The largest absolute Gasteiger partial charge is 0.466 e. The summed E-state index contributed by atoms with van der Waals surface area (Å²) in [5.41, 5.74) is 2.20. The zero-order valence-corrected chi connectivity index (χ0v) is 11.0. The minimum absolute atomic E-state index is 0.312. The van der Waals surface area contributed by atoms with Crippen LogP contribution in [0.4, 0.5) is 0 Å². The first kappa shape index (κ1) is 12.7. The maximum Gasteiger partial charge on any atom is 0.333 e. The van der Waals surface area contributed by atoms with Crippen molar-refractivity contribution in [2.45, 2.75) is 12.1 Å². The van der Waals surface area contributed by atoms with Crippen molar-refractivity contribution in [1.82, 2.24) is 4.98 Å². The molecule has 0 amide bonds. The van der Waals surface area contributed by atoms with Gasteiger partial charge in [-0.3, -0.25) is 0 Å². The number of methoxy groups -OCH3 is 1. The molecule has 0 aliphatic heterocycles. The number of para-hydroxylation sites is 2. The molecule has 94 valence electrons. The van der Waals surface area contributed by atoms with Crippen molar-refractivity contribution in [3.8, 4) is 0 Å². The Hall–Kier alpha value is -1.75. The van der Waals surface area contributed by atoms with Crippen LogP contribution < -0.4 is 0 Å². The van der Waals surface area contributed by atoms with E-state index in [1.54, 1.807) is 13.0 Å². The summed E-state index contributed by atoms with van der Waals surface area (Å²) in [5, 5.41) is 0.602. The average Bonchev–Trinajstić information content (AvgIpc) is 2.80. The fourth-order valence-corrected chi connectivity index (χ4v) is 2.18. The minimum atomic E-state index is -0.312. The van der Waals surface area contributed by atoms with Crippen LogP contribution in [-0.2, 0) is 9.53 Å². The molecular weight excluding hydrogens is 250 g/mol. The van der Waals surface area contributed by atoms with E-state index in [-0.39, 0.29) is 5.97 Å². The van der Waals surface area contributed by atoms with Gasteiger partial charge in [0.2, 0.25) is 0 Å². The predicted octanol–water partition coefficient (Wildman–Crippen LogP) is 3.04. The van der Waals surface area contributed by atoms with E-state index in [0.717, 1.165) is 11.1 Å². The molecule has 0 aliphatic rings. The molecule has 0 radical (unpaired) electrons. The first-order valence-electron chi connectivity index (χ1n) is 5.44. The quantitative estimate of drug-likeness (QED) is 0.482. The molecule has 4 nitrogen and oxygen atoms in total. The lowest BCUT2D eigenvalue weighted by Gasteiger charge is -1.97. The number of carbonyl (C=O) groups is 1. The number of thioether (sulfide) groups is 1. The number of nitrogens with zero attached hydrogens (tertiary/aromatic N) is 1. The van der Waals surface area contributed by atoms with Gasteiger partial charge in [-0.1, -0.05) is 30.0 Å². The number of oxazole rings is 1. The van der Waals surface area contributed by atoms with Crippen molar-refractivity contribution in [3.05, 3.63) is 35.9 Å². The molecule has 18 heavy (non-hydrogen) atoms. The summed E-state index contributed by atoms with van der Waals surface area (Å²) in [6.07, 6.45) is 1.80. The summed E-state index contributed by atoms with van der Waals surface area (Å²) < 4.78 is 10.2. The molecule has 5 heteroatoms. The highest BCUT2D eigenvalue weighted by molar-refractivity contribution is 7.99. The molecule has 0 bridgehead atoms. The molecule has 0 aliphatic carbocycles. The lowest BCUT2D eigenvalue weighted by atomic mass is 10.3. The molecular formula is C13H13NO3S. The second-order valence-electron chi connectivity index (χ2n) is 3.64. The van der Waals surface area contributed by atoms with E-state index in [1.165, 1.54) is 18.9 Å². The van der Waals surface area contributed by atoms with Crippen molar-refractivity contribution in [2.75, 3.05) is 12.9 Å². The van der Waals surface area contributed by atoms with Gasteiger partial charge in [0.1, 0.15) is 5.52 Å². The topological polar surface area (TPSA) is 52.3 Å². The van der Waals surface area contributed by atoms with Gasteiger partial charge in [-0.2, -0.15) is 0 Å². The number of ether oxygens (including phenoxy) is 1. The summed E-state index contributed by atoms with van der Waals surface area (Å²) in [7, 11) is 1.37.